The predicted octanol–water partition coefficient (Wildman–Crippen LogP) is 1.04. The van der Waals surface area contributed by atoms with Gasteiger partial charge in [0.25, 0.3) is 0 Å². The zero-order chi connectivity index (χ0) is 15.2. The molecule has 0 spiro atoms. The van der Waals surface area contributed by atoms with Gasteiger partial charge in [-0.3, -0.25) is 4.79 Å². The van der Waals surface area contributed by atoms with E-state index in [-0.39, 0.29) is 18.1 Å². The number of rotatable bonds is 7. The number of hydrogen-bond acceptors (Lipinski definition) is 4. The molecule has 0 aromatic heterocycles. The van der Waals surface area contributed by atoms with Crippen molar-refractivity contribution in [2.45, 2.75) is 32.4 Å². The first-order valence-electron chi connectivity index (χ1n) is 7.36. The van der Waals surface area contributed by atoms with Crippen molar-refractivity contribution in [3.63, 3.8) is 0 Å². The maximum absolute atomic E-state index is 11.8. The molecule has 116 valence electrons. The van der Waals surface area contributed by atoms with E-state index in [1.54, 1.807) is 7.11 Å². The van der Waals surface area contributed by atoms with Crippen LogP contribution in [-0.2, 0) is 16.0 Å². The largest absolute Gasteiger partial charge is 0.488 e. The molecule has 2 atom stereocenters. The molecule has 1 aromatic carbocycles. The molecule has 0 fully saturated rings. The van der Waals surface area contributed by atoms with Gasteiger partial charge in [-0.15, -0.1) is 0 Å². The van der Waals surface area contributed by atoms with Crippen LogP contribution in [0.4, 0.5) is 0 Å². The summed E-state index contributed by atoms with van der Waals surface area (Å²) in [5, 5.41) is 6.04. The van der Waals surface area contributed by atoms with Gasteiger partial charge in [0.05, 0.1) is 12.6 Å². The van der Waals surface area contributed by atoms with Crippen molar-refractivity contribution >= 4 is 5.91 Å². The molecular weight excluding hydrogens is 268 g/mol. The third-order valence-corrected chi connectivity index (χ3v) is 3.61. The number of benzene rings is 1. The van der Waals surface area contributed by atoms with E-state index in [0.717, 1.165) is 12.2 Å². The van der Waals surface area contributed by atoms with Gasteiger partial charge in [0.1, 0.15) is 11.9 Å². The SMILES string of the molecule is COCCNC(=O)C(C)NCC1Cc2cc(C)ccc2O1. The van der Waals surface area contributed by atoms with Crippen LogP contribution in [0.25, 0.3) is 0 Å². The smallest absolute Gasteiger partial charge is 0.236 e. The van der Waals surface area contributed by atoms with Crippen LogP contribution in [-0.4, -0.2) is 44.9 Å². The molecule has 1 aliphatic rings. The summed E-state index contributed by atoms with van der Waals surface area (Å²) in [5.74, 6) is 0.947. The second-order valence-corrected chi connectivity index (χ2v) is 5.47. The van der Waals surface area contributed by atoms with Gasteiger partial charge in [0.15, 0.2) is 0 Å². The van der Waals surface area contributed by atoms with E-state index in [1.165, 1.54) is 11.1 Å². The quantitative estimate of drug-likeness (QED) is 0.737. The van der Waals surface area contributed by atoms with Crippen LogP contribution in [0.2, 0.25) is 0 Å². The highest BCUT2D eigenvalue weighted by molar-refractivity contribution is 5.81. The number of amides is 1. The van der Waals surface area contributed by atoms with E-state index in [9.17, 15) is 4.79 Å². The standard InChI is InChI=1S/C16H24N2O3/c1-11-4-5-15-13(8-11)9-14(21-15)10-18-12(2)16(19)17-6-7-20-3/h4-5,8,12,14,18H,6-7,9-10H2,1-3H3,(H,17,19). The van der Waals surface area contributed by atoms with E-state index in [2.05, 4.69) is 29.7 Å². The molecule has 0 aliphatic carbocycles. The molecule has 1 aliphatic heterocycles. The van der Waals surface area contributed by atoms with Crippen LogP contribution in [0.1, 0.15) is 18.1 Å². The summed E-state index contributed by atoms with van der Waals surface area (Å²) in [7, 11) is 1.62. The number of ether oxygens (including phenoxy) is 2. The number of carbonyl (C=O) groups excluding carboxylic acids is 1. The molecule has 5 heteroatoms. The van der Waals surface area contributed by atoms with E-state index < -0.39 is 0 Å². The first kappa shape index (κ1) is 15.8. The molecule has 0 saturated carbocycles. The van der Waals surface area contributed by atoms with Gasteiger partial charge in [-0.1, -0.05) is 17.7 Å². The second kappa shape index (κ2) is 7.43. The van der Waals surface area contributed by atoms with Gasteiger partial charge in [-0.2, -0.15) is 0 Å². The number of methoxy groups -OCH3 is 1. The average Bonchev–Trinajstić information content (AvgIpc) is 2.86. The van der Waals surface area contributed by atoms with Crippen molar-refractivity contribution in [3.8, 4) is 5.75 Å². The summed E-state index contributed by atoms with van der Waals surface area (Å²) in [4.78, 5) is 11.8. The summed E-state index contributed by atoms with van der Waals surface area (Å²) in [5.41, 5.74) is 2.50. The van der Waals surface area contributed by atoms with Crippen molar-refractivity contribution in [1.29, 1.82) is 0 Å². The molecule has 1 amide bonds. The number of hydrogen-bond donors (Lipinski definition) is 2. The van der Waals surface area contributed by atoms with Crippen molar-refractivity contribution in [2.24, 2.45) is 0 Å². The Morgan fingerprint density at radius 2 is 2.33 bits per heavy atom. The van der Waals surface area contributed by atoms with Crippen LogP contribution in [0, 0.1) is 6.92 Å². The van der Waals surface area contributed by atoms with E-state index in [4.69, 9.17) is 9.47 Å². The molecule has 21 heavy (non-hydrogen) atoms. The van der Waals surface area contributed by atoms with Gasteiger partial charge in [0, 0.05) is 26.6 Å². The first-order valence-corrected chi connectivity index (χ1v) is 7.36. The Bertz CT molecular complexity index is 490. The fourth-order valence-corrected chi connectivity index (χ4v) is 2.39. The van der Waals surface area contributed by atoms with Crippen LogP contribution >= 0.6 is 0 Å². The normalized spacial score (nSPS) is 18.0. The minimum absolute atomic E-state index is 0.0154. The lowest BCUT2D eigenvalue weighted by atomic mass is 10.1. The fraction of sp³-hybridized carbons (Fsp3) is 0.562. The van der Waals surface area contributed by atoms with Gasteiger partial charge in [0.2, 0.25) is 5.91 Å². The Labute approximate surface area is 126 Å². The van der Waals surface area contributed by atoms with Crippen molar-refractivity contribution in [3.05, 3.63) is 29.3 Å². The highest BCUT2D eigenvalue weighted by Gasteiger charge is 2.23. The summed E-state index contributed by atoms with van der Waals surface area (Å²) in [6.45, 7) is 5.66. The summed E-state index contributed by atoms with van der Waals surface area (Å²) in [6.07, 6.45) is 0.984. The Morgan fingerprint density at radius 3 is 3.10 bits per heavy atom. The molecule has 1 heterocycles. The van der Waals surface area contributed by atoms with Crippen molar-refractivity contribution in [2.75, 3.05) is 26.8 Å². The molecule has 0 saturated heterocycles. The van der Waals surface area contributed by atoms with Gasteiger partial charge < -0.3 is 20.1 Å². The number of nitrogens with one attached hydrogen (secondary N) is 2. The molecule has 5 nitrogen and oxygen atoms in total. The monoisotopic (exact) mass is 292 g/mol. The zero-order valence-electron chi connectivity index (χ0n) is 12.9. The van der Waals surface area contributed by atoms with E-state index >= 15 is 0 Å². The molecule has 0 bridgehead atoms. The zero-order valence-corrected chi connectivity index (χ0v) is 12.9. The molecule has 1 aromatic rings. The Hall–Kier alpha value is -1.59. The lowest BCUT2D eigenvalue weighted by Gasteiger charge is -2.17. The van der Waals surface area contributed by atoms with E-state index in [1.807, 2.05) is 13.0 Å². The molecule has 0 radical (unpaired) electrons. The number of aryl methyl sites for hydroxylation is 1. The van der Waals surface area contributed by atoms with Crippen LogP contribution in [0.15, 0.2) is 18.2 Å². The minimum atomic E-state index is -0.240. The maximum Gasteiger partial charge on any atom is 0.236 e. The van der Waals surface area contributed by atoms with Crippen LogP contribution < -0.4 is 15.4 Å². The van der Waals surface area contributed by atoms with Crippen molar-refractivity contribution in [1.82, 2.24) is 10.6 Å². The number of fused-ring (bicyclic) bond motifs is 1. The third kappa shape index (κ3) is 4.44. The maximum atomic E-state index is 11.8. The molecular formula is C16H24N2O3. The number of carbonyl (C=O) groups is 1. The summed E-state index contributed by atoms with van der Waals surface area (Å²) < 4.78 is 10.8. The average molecular weight is 292 g/mol. The second-order valence-electron chi connectivity index (χ2n) is 5.47. The minimum Gasteiger partial charge on any atom is -0.488 e. The topological polar surface area (TPSA) is 59.6 Å². The fourth-order valence-electron chi connectivity index (χ4n) is 2.39. The summed E-state index contributed by atoms with van der Waals surface area (Å²) >= 11 is 0. The molecule has 2 rings (SSSR count). The van der Waals surface area contributed by atoms with Crippen LogP contribution in [0.5, 0.6) is 5.75 Å². The predicted molar refractivity (Wildman–Crippen MR) is 81.6 cm³/mol. The molecule has 2 N–H and O–H groups in total. The highest BCUT2D eigenvalue weighted by atomic mass is 16.5. The van der Waals surface area contributed by atoms with Crippen LogP contribution in [0.3, 0.4) is 0 Å². The van der Waals surface area contributed by atoms with Gasteiger partial charge in [-0.05, 0) is 25.5 Å². The van der Waals surface area contributed by atoms with Gasteiger partial charge in [-0.25, -0.2) is 0 Å². The van der Waals surface area contributed by atoms with E-state index in [0.29, 0.717) is 19.7 Å². The first-order chi connectivity index (χ1) is 10.1. The third-order valence-electron chi connectivity index (χ3n) is 3.61. The Kier molecular flexibility index (Phi) is 5.59. The summed E-state index contributed by atoms with van der Waals surface area (Å²) in [6, 6.07) is 6.00. The lowest BCUT2D eigenvalue weighted by Crippen LogP contribution is -2.46. The lowest BCUT2D eigenvalue weighted by molar-refractivity contribution is -0.123. The molecule has 2 unspecified atom stereocenters. The Morgan fingerprint density at radius 1 is 1.52 bits per heavy atom. The highest BCUT2D eigenvalue weighted by Crippen LogP contribution is 2.29. The van der Waals surface area contributed by atoms with Crippen molar-refractivity contribution < 1.29 is 14.3 Å². The van der Waals surface area contributed by atoms with Gasteiger partial charge >= 0.3 is 0 Å². The Balaban J connectivity index is 1.73.